The summed E-state index contributed by atoms with van der Waals surface area (Å²) in [5.74, 6) is -1.51. The third kappa shape index (κ3) is 4.50. The minimum Gasteiger partial charge on any atom is -0.481 e. The summed E-state index contributed by atoms with van der Waals surface area (Å²) < 4.78 is 0. The molecule has 8 nitrogen and oxygen atoms in total. The lowest BCUT2D eigenvalue weighted by Gasteiger charge is -2.43. The number of urea groups is 1. The van der Waals surface area contributed by atoms with Crippen molar-refractivity contribution in [3.63, 3.8) is 0 Å². The Bertz CT molecular complexity index is 823. The number of rotatable bonds is 8. The Kier molecular flexibility index (Phi) is 6.50. The SMILES string of the molecule is CCCN1C(=O)[C@@H]2[C@@H](CCN2C(=O)CC(C)(C)CC(=O)O)N(Cc2cccs2)C1=O. The highest BCUT2D eigenvalue weighted by molar-refractivity contribution is 7.09. The fraction of sp³-hybridized carbons (Fsp3) is 0.619. The van der Waals surface area contributed by atoms with Gasteiger partial charge in [0.25, 0.3) is 5.91 Å². The van der Waals surface area contributed by atoms with E-state index in [9.17, 15) is 19.2 Å². The fourth-order valence-electron chi connectivity index (χ4n) is 4.40. The maximum absolute atomic E-state index is 13.2. The van der Waals surface area contributed by atoms with Gasteiger partial charge in [0.05, 0.1) is 19.0 Å². The summed E-state index contributed by atoms with van der Waals surface area (Å²) in [7, 11) is 0. The minimum atomic E-state index is -0.956. The van der Waals surface area contributed by atoms with E-state index in [0.29, 0.717) is 32.5 Å². The zero-order valence-corrected chi connectivity index (χ0v) is 18.5. The molecule has 0 bridgehead atoms. The van der Waals surface area contributed by atoms with Crippen molar-refractivity contribution in [3.8, 4) is 0 Å². The van der Waals surface area contributed by atoms with Gasteiger partial charge in [-0.15, -0.1) is 11.3 Å². The first-order valence-corrected chi connectivity index (χ1v) is 11.2. The number of carbonyl (C=O) groups is 4. The average Bonchev–Trinajstić information content (AvgIpc) is 3.30. The number of carboxylic acid groups (broad SMARTS) is 1. The van der Waals surface area contributed by atoms with Crippen LogP contribution in [-0.2, 0) is 20.9 Å². The van der Waals surface area contributed by atoms with E-state index in [-0.39, 0.29) is 36.7 Å². The molecule has 1 aromatic heterocycles. The van der Waals surface area contributed by atoms with Gasteiger partial charge in [-0.05, 0) is 29.7 Å². The molecule has 1 aromatic rings. The second-order valence-electron chi connectivity index (χ2n) is 8.78. The van der Waals surface area contributed by atoms with E-state index in [4.69, 9.17) is 5.11 Å². The Hall–Kier alpha value is -2.42. The summed E-state index contributed by atoms with van der Waals surface area (Å²) >= 11 is 1.56. The topological polar surface area (TPSA) is 98.2 Å². The summed E-state index contributed by atoms with van der Waals surface area (Å²) in [6.45, 7) is 6.50. The highest BCUT2D eigenvalue weighted by Gasteiger charge is 2.53. The number of thiophene rings is 1. The molecular weight excluding hydrogens is 406 g/mol. The van der Waals surface area contributed by atoms with Gasteiger partial charge in [0.15, 0.2) is 0 Å². The van der Waals surface area contributed by atoms with Crippen LogP contribution < -0.4 is 0 Å². The van der Waals surface area contributed by atoms with Gasteiger partial charge in [-0.1, -0.05) is 26.8 Å². The van der Waals surface area contributed by atoms with Crippen molar-refractivity contribution in [1.29, 1.82) is 0 Å². The van der Waals surface area contributed by atoms with Gasteiger partial charge in [0, 0.05) is 24.4 Å². The molecule has 3 heterocycles. The van der Waals surface area contributed by atoms with Gasteiger partial charge >= 0.3 is 12.0 Å². The lowest BCUT2D eigenvalue weighted by Crippen LogP contribution is -2.65. The van der Waals surface area contributed by atoms with Gasteiger partial charge in [-0.25, -0.2) is 4.79 Å². The monoisotopic (exact) mass is 435 g/mol. The summed E-state index contributed by atoms with van der Waals surface area (Å²) in [5.41, 5.74) is -0.714. The molecule has 2 aliphatic heterocycles. The van der Waals surface area contributed by atoms with Crippen LogP contribution in [0.3, 0.4) is 0 Å². The normalized spacial score (nSPS) is 21.9. The Morgan fingerprint density at radius 1 is 1.27 bits per heavy atom. The van der Waals surface area contributed by atoms with Crippen LogP contribution in [0.4, 0.5) is 4.79 Å². The quantitative estimate of drug-likeness (QED) is 0.677. The summed E-state index contributed by atoms with van der Waals surface area (Å²) in [5, 5.41) is 11.1. The number of carbonyl (C=O) groups excluding carboxylic acids is 3. The molecule has 1 N–H and O–H groups in total. The molecule has 2 atom stereocenters. The summed E-state index contributed by atoms with van der Waals surface area (Å²) in [4.78, 5) is 56.1. The molecular formula is C21H29N3O5S. The Morgan fingerprint density at radius 3 is 2.60 bits per heavy atom. The first-order chi connectivity index (χ1) is 14.1. The molecule has 0 unspecified atom stereocenters. The Labute approximate surface area is 180 Å². The third-order valence-corrected chi connectivity index (χ3v) is 6.56. The predicted molar refractivity (Wildman–Crippen MR) is 112 cm³/mol. The molecule has 2 aliphatic rings. The fourth-order valence-corrected chi connectivity index (χ4v) is 5.10. The van der Waals surface area contributed by atoms with Gasteiger partial charge < -0.3 is 14.9 Å². The number of imide groups is 1. The van der Waals surface area contributed by atoms with Crippen molar-refractivity contribution in [2.45, 2.75) is 65.1 Å². The molecule has 2 saturated heterocycles. The van der Waals surface area contributed by atoms with E-state index in [1.54, 1.807) is 35.0 Å². The van der Waals surface area contributed by atoms with Crippen LogP contribution in [0.2, 0.25) is 0 Å². The molecule has 9 heteroatoms. The standard InChI is InChI=1S/C21H29N3O5S/c1-4-8-23-19(28)18-15(24(20(23)29)13-14-6-5-10-30-14)7-9-22(18)16(25)11-21(2,3)12-17(26)27/h5-6,10,15,18H,4,7-9,11-13H2,1-3H3,(H,26,27)/t15-,18+/m1/s1. The van der Waals surface area contributed by atoms with Crippen LogP contribution in [0.1, 0.15) is 51.3 Å². The number of hydrogen-bond acceptors (Lipinski definition) is 5. The van der Waals surface area contributed by atoms with Gasteiger partial charge in [-0.2, -0.15) is 0 Å². The van der Waals surface area contributed by atoms with Crippen LogP contribution in [0.15, 0.2) is 17.5 Å². The molecule has 164 valence electrons. The van der Waals surface area contributed by atoms with Crippen LogP contribution in [0.5, 0.6) is 0 Å². The van der Waals surface area contributed by atoms with Crippen LogP contribution >= 0.6 is 11.3 Å². The van der Waals surface area contributed by atoms with E-state index in [2.05, 4.69) is 0 Å². The molecule has 30 heavy (non-hydrogen) atoms. The number of nitrogens with zero attached hydrogens (tertiary/aromatic N) is 3. The second kappa shape index (κ2) is 8.75. The molecule has 2 fully saturated rings. The highest BCUT2D eigenvalue weighted by atomic mass is 32.1. The van der Waals surface area contributed by atoms with Crippen molar-refractivity contribution >= 4 is 35.2 Å². The first-order valence-electron chi connectivity index (χ1n) is 10.3. The lowest BCUT2D eigenvalue weighted by atomic mass is 9.85. The number of likely N-dealkylation sites (tertiary alicyclic amines) is 1. The van der Waals surface area contributed by atoms with E-state index < -0.39 is 17.4 Å². The zero-order chi connectivity index (χ0) is 22.1. The molecule has 0 saturated carbocycles. The first kappa shape index (κ1) is 22.3. The van der Waals surface area contributed by atoms with Crippen molar-refractivity contribution in [2.24, 2.45) is 5.41 Å². The van der Waals surface area contributed by atoms with Crippen molar-refractivity contribution in [1.82, 2.24) is 14.7 Å². The summed E-state index contributed by atoms with van der Waals surface area (Å²) in [6, 6.07) is 2.53. The maximum Gasteiger partial charge on any atom is 0.327 e. The molecule has 0 spiro atoms. The zero-order valence-electron chi connectivity index (χ0n) is 17.7. The van der Waals surface area contributed by atoms with Crippen molar-refractivity contribution in [3.05, 3.63) is 22.4 Å². The lowest BCUT2D eigenvalue weighted by molar-refractivity contribution is -0.148. The Balaban J connectivity index is 1.84. The van der Waals surface area contributed by atoms with Gasteiger partial charge in [-0.3, -0.25) is 19.3 Å². The minimum absolute atomic E-state index is 0.0441. The summed E-state index contributed by atoms with van der Waals surface area (Å²) in [6.07, 6.45) is 1.10. The maximum atomic E-state index is 13.2. The van der Waals surface area contributed by atoms with Crippen molar-refractivity contribution < 1.29 is 24.3 Å². The van der Waals surface area contributed by atoms with Gasteiger partial charge in [0.1, 0.15) is 6.04 Å². The molecule has 0 aliphatic carbocycles. The molecule has 0 aromatic carbocycles. The van der Waals surface area contributed by atoms with E-state index in [0.717, 1.165) is 4.88 Å². The van der Waals surface area contributed by atoms with Crippen LogP contribution in [0, 0.1) is 5.41 Å². The van der Waals surface area contributed by atoms with Crippen LogP contribution in [0.25, 0.3) is 0 Å². The number of hydrogen-bond donors (Lipinski definition) is 1. The van der Waals surface area contributed by atoms with Crippen molar-refractivity contribution in [2.75, 3.05) is 13.1 Å². The molecule has 4 amide bonds. The van der Waals surface area contributed by atoms with E-state index in [1.807, 2.05) is 24.4 Å². The predicted octanol–water partition coefficient (Wildman–Crippen LogP) is 2.78. The third-order valence-electron chi connectivity index (χ3n) is 5.70. The van der Waals surface area contributed by atoms with Gasteiger partial charge in [0.2, 0.25) is 5.91 Å². The largest absolute Gasteiger partial charge is 0.481 e. The average molecular weight is 436 g/mol. The number of amides is 4. The second-order valence-corrected chi connectivity index (χ2v) is 9.81. The number of aliphatic carboxylic acids is 1. The van der Waals surface area contributed by atoms with E-state index >= 15 is 0 Å². The van der Waals surface area contributed by atoms with E-state index in [1.165, 1.54) is 4.90 Å². The number of carboxylic acids is 1. The number of fused-ring (bicyclic) bond motifs is 1. The Morgan fingerprint density at radius 2 is 2.00 bits per heavy atom. The molecule has 0 radical (unpaired) electrons. The molecule has 3 rings (SSSR count). The van der Waals surface area contributed by atoms with Crippen LogP contribution in [-0.4, -0.2) is 68.8 Å². The highest BCUT2D eigenvalue weighted by Crippen LogP contribution is 2.34. The smallest absolute Gasteiger partial charge is 0.327 e.